The molecule has 0 N–H and O–H groups in total. The van der Waals surface area contributed by atoms with Crippen LogP contribution < -0.4 is 9.80 Å². The van der Waals surface area contributed by atoms with Crippen molar-refractivity contribution in [3.63, 3.8) is 0 Å². The second-order valence-corrected chi connectivity index (χ2v) is 19.7. The van der Waals surface area contributed by atoms with Crippen LogP contribution in [0, 0.1) is 41.5 Å². The van der Waals surface area contributed by atoms with Crippen LogP contribution in [0.5, 0.6) is 0 Å². The van der Waals surface area contributed by atoms with Crippen molar-refractivity contribution in [2.75, 3.05) is 9.80 Å². The maximum atomic E-state index is 6.80. The van der Waals surface area contributed by atoms with Crippen LogP contribution in [0.1, 0.15) is 33.4 Å². The lowest BCUT2D eigenvalue weighted by Gasteiger charge is -2.30. The molecule has 0 fully saturated rings. The van der Waals surface area contributed by atoms with Crippen LogP contribution in [0.2, 0.25) is 0 Å². The molecule has 4 heteroatoms. The molecule has 0 aliphatic rings. The number of nitrogens with zero attached hydrogens (tertiary/aromatic N) is 2. The monoisotopic (exact) mass is 928 g/mol. The Bertz CT molecular complexity index is 3980. The fourth-order valence-electron chi connectivity index (χ4n) is 11.3. The van der Waals surface area contributed by atoms with Crippen molar-refractivity contribution < 1.29 is 8.83 Å². The highest BCUT2D eigenvalue weighted by Gasteiger charge is 2.24. The molecule has 2 heterocycles. The van der Waals surface area contributed by atoms with Crippen LogP contribution in [0.4, 0.5) is 34.1 Å². The summed E-state index contributed by atoms with van der Waals surface area (Å²) in [5, 5.41) is 8.80. The molecule has 0 amide bonds. The van der Waals surface area contributed by atoms with E-state index < -0.39 is 0 Å². The summed E-state index contributed by atoms with van der Waals surface area (Å²) in [5.74, 6) is 0. The van der Waals surface area contributed by atoms with Gasteiger partial charge in [0, 0.05) is 44.3 Å². The predicted octanol–water partition coefficient (Wildman–Crippen LogP) is 19.9. The number of benzene rings is 11. The van der Waals surface area contributed by atoms with E-state index in [4.69, 9.17) is 8.83 Å². The minimum atomic E-state index is 0.842. The van der Waals surface area contributed by atoms with Gasteiger partial charge in [-0.2, -0.15) is 0 Å². The summed E-state index contributed by atoms with van der Waals surface area (Å²) in [6.07, 6.45) is 0. The molecule has 72 heavy (non-hydrogen) atoms. The normalized spacial score (nSPS) is 11.8. The number of fused-ring (bicyclic) bond motifs is 9. The molecule has 0 unspecified atom stereocenters. The van der Waals surface area contributed by atoms with Crippen LogP contribution in [0.3, 0.4) is 0 Å². The minimum absolute atomic E-state index is 0.842. The summed E-state index contributed by atoms with van der Waals surface area (Å²) in [5.41, 5.74) is 22.3. The summed E-state index contributed by atoms with van der Waals surface area (Å²) in [6.45, 7) is 13.2. The van der Waals surface area contributed by atoms with Crippen LogP contribution in [-0.4, -0.2) is 0 Å². The second-order valence-electron chi connectivity index (χ2n) is 19.7. The largest absolute Gasteiger partial charge is 0.456 e. The van der Waals surface area contributed by atoms with Gasteiger partial charge < -0.3 is 18.6 Å². The number of hydrogen-bond donors (Lipinski definition) is 0. The zero-order chi connectivity index (χ0) is 48.8. The van der Waals surface area contributed by atoms with Gasteiger partial charge in [0.25, 0.3) is 0 Å². The van der Waals surface area contributed by atoms with Crippen molar-refractivity contribution >= 4 is 99.5 Å². The molecule has 346 valence electrons. The first-order valence-electron chi connectivity index (χ1n) is 24.9. The van der Waals surface area contributed by atoms with Gasteiger partial charge in [0.2, 0.25) is 0 Å². The van der Waals surface area contributed by atoms with Crippen molar-refractivity contribution in [1.29, 1.82) is 0 Å². The standard InChI is InChI=1S/C68H52N2O2/c1-41-23-25-51(47-19-9-7-10-20-47)37-59(41)69(67-43(3)15-13-16-44(67)4)55-29-27-49-35-57-63(39-53(49)33-55)71-61-31-32-62-66(65(57)61)58-36-50-28-30-56(34-54(50)40-64(58)72-62)70(68-45(5)17-14-18-46(68)6)60-38-52(26-24-42(60)2)48-21-11-8-12-22-48/h7-40H,1-6H3. The third-order valence-corrected chi connectivity index (χ3v) is 14.9. The third kappa shape index (κ3) is 7.13. The summed E-state index contributed by atoms with van der Waals surface area (Å²) < 4.78 is 13.6. The van der Waals surface area contributed by atoms with E-state index in [2.05, 4.69) is 258 Å². The van der Waals surface area contributed by atoms with Gasteiger partial charge in [-0.25, -0.2) is 0 Å². The number of furan rings is 2. The molecule has 0 saturated carbocycles. The van der Waals surface area contributed by atoms with Crippen molar-refractivity contribution in [3.05, 3.63) is 240 Å². The van der Waals surface area contributed by atoms with Gasteiger partial charge in [-0.3, -0.25) is 0 Å². The van der Waals surface area contributed by atoms with Gasteiger partial charge in [-0.15, -0.1) is 0 Å². The van der Waals surface area contributed by atoms with E-state index in [0.29, 0.717) is 0 Å². The Hall–Kier alpha value is -8.86. The summed E-state index contributed by atoms with van der Waals surface area (Å²) >= 11 is 0. The van der Waals surface area contributed by atoms with Crippen LogP contribution in [0.15, 0.2) is 215 Å². The van der Waals surface area contributed by atoms with Crippen LogP contribution in [0.25, 0.3) is 87.7 Å². The third-order valence-electron chi connectivity index (χ3n) is 14.9. The zero-order valence-electron chi connectivity index (χ0n) is 41.3. The summed E-state index contributed by atoms with van der Waals surface area (Å²) in [7, 11) is 0. The Labute approximate surface area is 419 Å². The molecule has 0 aliphatic heterocycles. The van der Waals surface area contributed by atoms with Crippen molar-refractivity contribution in [2.24, 2.45) is 0 Å². The molecular formula is C68H52N2O2. The molecule has 13 aromatic rings. The lowest BCUT2D eigenvalue weighted by Crippen LogP contribution is -2.14. The lowest BCUT2D eigenvalue weighted by molar-refractivity contribution is 0.663. The Morgan fingerprint density at radius 3 is 1.08 bits per heavy atom. The molecule has 11 aromatic carbocycles. The van der Waals surface area contributed by atoms with Crippen molar-refractivity contribution in [1.82, 2.24) is 0 Å². The highest BCUT2D eigenvalue weighted by atomic mass is 16.3. The Morgan fingerprint density at radius 2 is 0.681 bits per heavy atom. The Morgan fingerprint density at radius 1 is 0.278 bits per heavy atom. The van der Waals surface area contributed by atoms with Gasteiger partial charge in [0.05, 0.1) is 11.4 Å². The fraction of sp³-hybridized carbons (Fsp3) is 0.0882. The van der Waals surface area contributed by atoms with E-state index in [0.717, 1.165) is 88.2 Å². The van der Waals surface area contributed by atoms with Crippen LogP contribution >= 0.6 is 0 Å². The molecule has 0 atom stereocenters. The lowest BCUT2D eigenvalue weighted by atomic mass is 9.98. The van der Waals surface area contributed by atoms with E-state index in [9.17, 15) is 0 Å². The van der Waals surface area contributed by atoms with E-state index in [1.165, 1.54) is 67.0 Å². The Kier molecular flexibility index (Phi) is 10.2. The van der Waals surface area contributed by atoms with E-state index in [-0.39, 0.29) is 0 Å². The molecule has 13 rings (SSSR count). The van der Waals surface area contributed by atoms with Gasteiger partial charge in [0.15, 0.2) is 0 Å². The maximum absolute atomic E-state index is 6.80. The minimum Gasteiger partial charge on any atom is -0.456 e. The predicted molar refractivity (Wildman–Crippen MR) is 305 cm³/mol. The number of rotatable bonds is 8. The van der Waals surface area contributed by atoms with E-state index >= 15 is 0 Å². The fourth-order valence-corrected chi connectivity index (χ4v) is 11.3. The average molecular weight is 929 g/mol. The number of anilines is 6. The molecule has 4 nitrogen and oxygen atoms in total. The van der Waals surface area contributed by atoms with Crippen molar-refractivity contribution in [2.45, 2.75) is 41.5 Å². The average Bonchev–Trinajstić information content (AvgIpc) is 3.94. The molecule has 2 aromatic heterocycles. The summed E-state index contributed by atoms with van der Waals surface area (Å²) in [4.78, 5) is 4.88. The highest BCUT2D eigenvalue weighted by Crippen LogP contribution is 2.47. The van der Waals surface area contributed by atoms with Crippen LogP contribution in [-0.2, 0) is 0 Å². The topological polar surface area (TPSA) is 32.8 Å². The molecule has 0 spiro atoms. The summed E-state index contributed by atoms with van der Waals surface area (Å²) in [6, 6.07) is 74.9. The second kappa shape index (κ2) is 16.9. The van der Waals surface area contributed by atoms with E-state index in [1.807, 2.05) is 0 Å². The SMILES string of the molecule is Cc1ccc(-c2ccccc2)cc1N(c1ccc2cc3c(cc2c1)oc1ccc2oc4cc5cc(N(c6cc(-c7ccccc7)ccc6C)c6c(C)cccc6C)ccc5cc4c2c13)c1c(C)cccc1C. The smallest absolute Gasteiger partial charge is 0.136 e. The molecule has 0 aliphatic carbocycles. The molecule has 0 saturated heterocycles. The van der Waals surface area contributed by atoms with Gasteiger partial charge in [0.1, 0.15) is 22.3 Å². The molecule has 0 radical (unpaired) electrons. The first-order valence-corrected chi connectivity index (χ1v) is 24.9. The highest BCUT2D eigenvalue weighted by molar-refractivity contribution is 6.28. The van der Waals surface area contributed by atoms with Gasteiger partial charge in [-0.1, -0.05) is 133 Å². The first-order chi connectivity index (χ1) is 35.1. The zero-order valence-corrected chi connectivity index (χ0v) is 41.3. The Balaban J connectivity index is 0.941. The quantitative estimate of drug-likeness (QED) is 0.152. The van der Waals surface area contributed by atoms with Gasteiger partial charge in [-0.05, 0) is 192 Å². The number of para-hydroxylation sites is 2. The van der Waals surface area contributed by atoms with Gasteiger partial charge >= 0.3 is 0 Å². The van der Waals surface area contributed by atoms with E-state index in [1.54, 1.807) is 0 Å². The van der Waals surface area contributed by atoms with Crippen molar-refractivity contribution in [3.8, 4) is 22.3 Å². The maximum Gasteiger partial charge on any atom is 0.136 e. The first kappa shape index (κ1) is 43.2. The number of hydrogen-bond acceptors (Lipinski definition) is 4. The molecule has 0 bridgehead atoms. The molecular weight excluding hydrogens is 877 g/mol. The number of aryl methyl sites for hydroxylation is 6.